The van der Waals surface area contributed by atoms with Crippen LogP contribution in [0.15, 0.2) is 59.6 Å². The fourth-order valence-corrected chi connectivity index (χ4v) is 7.94. The lowest BCUT2D eigenvalue weighted by atomic mass is 9.86. The van der Waals surface area contributed by atoms with Crippen LogP contribution in [-0.4, -0.2) is 43.3 Å². The average molecular weight is 677 g/mol. The maximum atomic E-state index is 13.6. The summed E-state index contributed by atoms with van der Waals surface area (Å²) in [7, 11) is -3.98. The van der Waals surface area contributed by atoms with E-state index in [0.29, 0.717) is 16.1 Å². The molecule has 45 heavy (non-hydrogen) atoms. The molecule has 10 nitrogen and oxygen atoms in total. The van der Waals surface area contributed by atoms with Crippen molar-refractivity contribution in [3.05, 3.63) is 65.3 Å². The highest BCUT2D eigenvalue weighted by atomic mass is 32.2. The van der Waals surface area contributed by atoms with Crippen LogP contribution in [0.1, 0.15) is 89.8 Å². The zero-order valence-corrected chi connectivity index (χ0v) is 29.2. The van der Waals surface area contributed by atoms with Gasteiger partial charge in [-0.3, -0.25) is 5.32 Å². The third kappa shape index (κ3) is 10.5. The average Bonchev–Trinajstić information content (AvgIpc) is 3.42. The highest BCUT2D eigenvalue weighted by Crippen LogP contribution is 2.40. The van der Waals surface area contributed by atoms with Gasteiger partial charge in [0.2, 0.25) is 10.0 Å². The van der Waals surface area contributed by atoms with E-state index < -0.39 is 33.9 Å². The molecule has 1 fully saturated rings. The minimum atomic E-state index is -3.98. The molecule has 1 aliphatic carbocycles. The Balaban J connectivity index is 0.00000552. The minimum absolute atomic E-state index is 0. The molecule has 4 rings (SSSR count). The van der Waals surface area contributed by atoms with Crippen LogP contribution in [0.5, 0.6) is 0 Å². The van der Waals surface area contributed by atoms with Gasteiger partial charge in [-0.2, -0.15) is 13.5 Å². The van der Waals surface area contributed by atoms with Crippen LogP contribution in [-0.2, 0) is 19.5 Å². The minimum Gasteiger partial charge on any atom is -0.447 e. The quantitative estimate of drug-likeness (QED) is 0.214. The number of rotatable bonds is 9. The molecule has 2 amide bonds. The molecule has 0 radical (unpaired) electrons. The van der Waals surface area contributed by atoms with Gasteiger partial charge in [-0.05, 0) is 84.9 Å². The smallest absolute Gasteiger partial charge is 0.412 e. The van der Waals surface area contributed by atoms with E-state index >= 15 is 0 Å². The van der Waals surface area contributed by atoms with Gasteiger partial charge < -0.3 is 14.8 Å². The zero-order chi connectivity index (χ0) is 32.1. The summed E-state index contributed by atoms with van der Waals surface area (Å²) in [6.07, 6.45) is 3.27. The molecule has 0 unspecified atom stereocenters. The second-order valence-corrected chi connectivity index (χ2v) is 15.1. The third-order valence-electron chi connectivity index (χ3n) is 7.04. The van der Waals surface area contributed by atoms with Crippen molar-refractivity contribution in [1.82, 2.24) is 15.0 Å². The van der Waals surface area contributed by atoms with E-state index in [0.717, 1.165) is 36.3 Å². The Hall–Kier alpha value is -3.13. The molecule has 1 heterocycles. The maximum absolute atomic E-state index is 13.6. The Labute approximate surface area is 277 Å². The van der Waals surface area contributed by atoms with Crippen LogP contribution < -0.4 is 15.4 Å². The van der Waals surface area contributed by atoms with Crippen molar-refractivity contribution in [2.75, 3.05) is 5.32 Å². The van der Waals surface area contributed by atoms with Gasteiger partial charge in [-0.1, -0.05) is 36.4 Å². The molecular formula is C32H44N4O6S3. The zero-order valence-electron chi connectivity index (χ0n) is 26.5. The topological polar surface area (TPSA) is 136 Å². The van der Waals surface area contributed by atoms with Gasteiger partial charge in [-0.15, -0.1) is 11.3 Å². The number of hydrogen-bond donors (Lipinski definition) is 3. The van der Waals surface area contributed by atoms with Gasteiger partial charge in [0.15, 0.2) is 0 Å². The van der Waals surface area contributed by atoms with Gasteiger partial charge in [0, 0.05) is 34.9 Å². The van der Waals surface area contributed by atoms with Crippen LogP contribution in [0.4, 0.5) is 15.3 Å². The summed E-state index contributed by atoms with van der Waals surface area (Å²) in [5, 5.41) is 6.55. The number of carbonyl (C=O) groups is 2. The number of benzene rings is 2. The Morgan fingerprint density at radius 2 is 1.62 bits per heavy atom. The van der Waals surface area contributed by atoms with Crippen molar-refractivity contribution in [3.63, 3.8) is 0 Å². The van der Waals surface area contributed by atoms with Gasteiger partial charge in [0.05, 0.1) is 20.9 Å². The van der Waals surface area contributed by atoms with E-state index in [4.69, 9.17) is 9.47 Å². The standard InChI is InChI=1S/C32H42N4O6S2.H2S/c1-20(2)41-30(37)34-24-14-12-23(13-15-24)29-33-19-27(43-29)26-17-16-25(18-28(26)44(39,40)36-32(4,5)6)35-31(38)42-21(3)22-10-8-7-9-11-22;/h7-11,16-21,23-24,36H,12-15H2,1-6H3,(H,34,37)(H,35,38);1H2/t21-,23?,24?;/m0./s1. The number of alkyl carbamates (subject to hydrolysis) is 1. The number of amides is 2. The van der Waals surface area contributed by atoms with Crippen molar-refractivity contribution >= 4 is 52.7 Å². The Bertz CT molecular complexity index is 1550. The summed E-state index contributed by atoms with van der Waals surface area (Å²) in [5.74, 6) is 0.211. The number of carbonyl (C=O) groups excluding carboxylic acids is 2. The monoisotopic (exact) mass is 676 g/mol. The number of anilines is 1. The normalized spacial score (nSPS) is 17.6. The summed E-state index contributed by atoms with van der Waals surface area (Å²) in [6.45, 7) is 10.7. The lowest BCUT2D eigenvalue weighted by Crippen LogP contribution is -2.40. The molecule has 246 valence electrons. The number of sulfonamides is 1. The van der Waals surface area contributed by atoms with Crippen LogP contribution in [0.25, 0.3) is 10.4 Å². The van der Waals surface area contributed by atoms with Crippen LogP contribution in [0.2, 0.25) is 0 Å². The van der Waals surface area contributed by atoms with Gasteiger partial charge >= 0.3 is 12.2 Å². The molecule has 1 atom stereocenters. The lowest BCUT2D eigenvalue weighted by molar-refractivity contribution is 0.109. The Kier molecular flexibility index (Phi) is 12.5. The molecule has 0 bridgehead atoms. The van der Waals surface area contributed by atoms with E-state index in [1.54, 1.807) is 46.0 Å². The number of ether oxygens (including phenoxy) is 2. The lowest BCUT2D eigenvalue weighted by Gasteiger charge is -2.28. The van der Waals surface area contributed by atoms with E-state index in [2.05, 4.69) is 20.3 Å². The first-order valence-corrected chi connectivity index (χ1v) is 17.1. The number of nitrogens with one attached hydrogen (secondary N) is 3. The highest BCUT2D eigenvalue weighted by Gasteiger charge is 2.29. The molecule has 1 aliphatic rings. The predicted molar refractivity (Wildman–Crippen MR) is 183 cm³/mol. The number of thiazole rings is 1. The van der Waals surface area contributed by atoms with E-state index in [1.807, 2.05) is 44.2 Å². The molecule has 3 N–H and O–H groups in total. The molecule has 3 aromatic rings. The van der Waals surface area contributed by atoms with Crippen LogP contribution in [0.3, 0.4) is 0 Å². The second kappa shape index (κ2) is 15.4. The first kappa shape index (κ1) is 36.3. The fraction of sp³-hybridized carbons (Fsp3) is 0.469. The largest absolute Gasteiger partial charge is 0.447 e. The maximum Gasteiger partial charge on any atom is 0.412 e. The molecule has 1 saturated carbocycles. The van der Waals surface area contributed by atoms with E-state index in [9.17, 15) is 18.0 Å². The van der Waals surface area contributed by atoms with Crippen LogP contribution in [0, 0.1) is 0 Å². The van der Waals surface area contributed by atoms with Crippen LogP contribution >= 0.6 is 24.8 Å². The van der Waals surface area contributed by atoms with Crippen molar-refractivity contribution in [2.24, 2.45) is 0 Å². The molecule has 1 aromatic heterocycles. The first-order valence-electron chi connectivity index (χ1n) is 14.8. The summed E-state index contributed by atoms with van der Waals surface area (Å²) in [6, 6.07) is 14.2. The van der Waals surface area contributed by atoms with Gasteiger partial charge in [-0.25, -0.2) is 27.7 Å². The summed E-state index contributed by atoms with van der Waals surface area (Å²) >= 11 is 1.46. The highest BCUT2D eigenvalue weighted by molar-refractivity contribution is 7.89. The third-order valence-corrected chi connectivity index (χ3v) is 10.0. The SMILES string of the molecule is CC(C)OC(=O)NC1CCC(c2ncc(-c3ccc(NC(=O)O[C@@H](C)c4ccccc4)cc3S(=O)(=O)NC(C)(C)C)s2)CC1.S. The summed E-state index contributed by atoms with van der Waals surface area (Å²) in [5.41, 5.74) is 0.903. The Morgan fingerprint density at radius 3 is 2.24 bits per heavy atom. The second-order valence-electron chi connectivity index (χ2n) is 12.4. The van der Waals surface area contributed by atoms with E-state index in [1.165, 1.54) is 17.4 Å². The molecule has 0 aliphatic heterocycles. The molecule has 0 spiro atoms. The summed E-state index contributed by atoms with van der Waals surface area (Å²) in [4.78, 5) is 30.1. The van der Waals surface area contributed by atoms with E-state index in [-0.39, 0.29) is 36.5 Å². The van der Waals surface area contributed by atoms with Crippen molar-refractivity contribution in [3.8, 4) is 10.4 Å². The first-order chi connectivity index (χ1) is 20.7. The Morgan fingerprint density at radius 1 is 0.956 bits per heavy atom. The fourth-order valence-electron chi connectivity index (χ4n) is 5.08. The summed E-state index contributed by atoms with van der Waals surface area (Å²) < 4.78 is 40.7. The van der Waals surface area contributed by atoms with Crippen molar-refractivity contribution < 1.29 is 27.5 Å². The number of nitrogens with zero attached hydrogens (tertiary/aromatic N) is 1. The molecular weight excluding hydrogens is 633 g/mol. The van der Waals surface area contributed by atoms with Gasteiger partial charge in [0.25, 0.3) is 0 Å². The molecule has 2 aromatic carbocycles. The number of hydrogen-bond acceptors (Lipinski definition) is 8. The molecule has 0 saturated heterocycles. The molecule has 13 heteroatoms. The van der Waals surface area contributed by atoms with Crippen molar-refractivity contribution in [2.45, 2.75) is 102 Å². The van der Waals surface area contributed by atoms with Crippen molar-refractivity contribution in [1.29, 1.82) is 0 Å². The number of aromatic nitrogens is 1. The predicted octanol–water partition coefficient (Wildman–Crippen LogP) is 7.47. The van der Waals surface area contributed by atoms with Gasteiger partial charge in [0.1, 0.15) is 6.10 Å².